The summed E-state index contributed by atoms with van der Waals surface area (Å²) in [6, 6.07) is 0.923. The van der Waals surface area contributed by atoms with Gasteiger partial charge in [0, 0.05) is 29.7 Å². The first kappa shape index (κ1) is 12.5. The number of rotatable bonds is 0. The van der Waals surface area contributed by atoms with Gasteiger partial charge in [0.15, 0.2) is 0 Å². The van der Waals surface area contributed by atoms with Crippen molar-refractivity contribution >= 4 is 23.2 Å². The Morgan fingerprint density at radius 3 is 2.71 bits per heavy atom. The van der Waals surface area contributed by atoms with Gasteiger partial charge < -0.3 is 10.1 Å². The maximum Gasteiger partial charge on any atom is 0.296 e. The molecule has 1 aromatic rings. The van der Waals surface area contributed by atoms with E-state index in [4.69, 9.17) is 23.2 Å². The molecule has 2 rings (SSSR count). The van der Waals surface area contributed by atoms with Crippen molar-refractivity contribution in [2.24, 2.45) is 0 Å². The van der Waals surface area contributed by atoms with Crippen LogP contribution in [0.15, 0.2) is 15.7 Å². The normalized spacial score (nSPS) is 27.6. The number of hydrogen-bond donors (Lipinski definition) is 2. The van der Waals surface area contributed by atoms with E-state index in [2.05, 4.69) is 4.98 Å². The summed E-state index contributed by atoms with van der Waals surface area (Å²) in [6.45, 7) is 1.80. The Bertz CT molecular complexity index is 570. The third-order valence-corrected chi connectivity index (χ3v) is 4.27. The van der Waals surface area contributed by atoms with Crippen LogP contribution in [0.5, 0.6) is 5.75 Å². The van der Waals surface area contributed by atoms with Gasteiger partial charge in [-0.15, -0.1) is 23.2 Å². The average Bonchev–Trinajstić information content (AvgIpc) is 2.34. The monoisotopic (exact) mass is 275 g/mol. The molecule has 1 heterocycles. The van der Waals surface area contributed by atoms with Gasteiger partial charge in [-0.1, -0.05) is 6.92 Å². The SMILES string of the molecule is CC1c2c(O)cc(=O)c(=O)[nH]c2CC(Cl)C1Cl. The van der Waals surface area contributed by atoms with Crippen LogP contribution >= 0.6 is 23.2 Å². The van der Waals surface area contributed by atoms with E-state index in [-0.39, 0.29) is 22.4 Å². The summed E-state index contributed by atoms with van der Waals surface area (Å²) in [7, 11) is 0. The molecule has 0 aromatic carbocycles. The highest BCUT2D eigenvalue weighted by molar-refractivity contribution is 6.30. The highest BCUT2D eigenvalue weighted by Gasteiger charge is 2.34. The van der Waals surface area contributed by atoms with Crippen LogP contribution in [0.25, 0.3) is 0 Å². The van der Waals surface area contributed by atoms with Gasteiger partial charge in [0.2, 0.25) is 5.43 Å². The lowest BCUT2D eigenvalue weighted by molar-refractivity contribution is 0.453. The first-order valence-electron chi connectivity index (χ1n) is 5.19. The van der Waals surface area contributed by atoms with Crippen LogP contribution in [0.2, 0.25) is 0 Å². The summed E-state index contributed by atoms with van der Waals surface area (Å²) >= 11 is 12.2. The van der Waals surface area contributed by atoms with Gasteiger partial charge in [0.1, 0.15) is 5.75 Å². The van der Waals surface area contributed by atoms with Gasteiger partial charge in [-0.2, -0.15) is 0 Å². The summed E-state index contributed by atoms with van der Waals surface area (Å²) in [6.07, 6.45) is 0.326. The molecule has 0 spiro atoms. The molecule has 0 fully saturated rings. The number of fused-ring (bicyclic) bond motifs is 1. The lowest BCUT2D eigenvalue weighted by Crippen LogP contribution is -2.31. The molecule has 0 amide bonds. The molecule has 3 atom stereocenters. The lowest BCUT2D eigenvalue weighted by Gasteiger charge is -2.29. The number of aromatic hydroxyl groups is 1. The van der Waals surface area contributed by atoms with Crippen molar-refractivity contribution in [3.63, 3.8) is 0 Å². The lowest BCUT2D eigenvalue weighted by atomic mass is 9.86. The Morgan fingerprint density at radius 2 is 2.06 bits per heavy atom. The molecule has 0 aliphatic heterocycles. The van der Waals surface area contributed by atoms with Gasteiger partial charge in [-0.05, 0) is 0 Å². The molecular weight excluding hydrogens is 265 g/mol. The van der Waals surface area contributed by atoms with Gasteiger partial charge >= 0.3 is 0 Å². The fourth-order valence-electron chi connectivity index (χ4n) is 2.14. The minimum Gasteiger partial charge on any atom is -0.507 e. The van der Waals surface area contributed by atoms with Crippen molar-refractivity contribution in [1.29, 1.82) is 0 Å². The Kier molecular flexibility index (Phi) is 3.19. The number of alkyl halides is 2. The van der Waals surface area contributed by atoms with Crippen LogP contribution in [0.4, 0.5) is 0 Å². The van der Waals surface area contributed by atoms with Crippen molar-refractivity contribution in [3.05, 3.63) is 37.9 Å². The Balaban J connectivity index is 2.78. The molecule has 2 N–H and O–H groups in total. The van der Waals surface area contributed by atoms with Gasteiger partial charge in [0.05, 0.1) is 10.8 Å². The summed E-state index contributed by atoms with van der Waals surface area (Å²) in [5, 5.41) is 9.14. The van der Waals surface area contributed by atoms with Gasteiger partial charge in [-0.25, -0.2) is 0 Å². The van der Waals surface area contributed by atoms with Crippen molar-refractivity contribution in [1.82, 2.24) is 4.98 Å². The zero-order chi connectivity index (χ0) is 12.7. The first-order chi connectivity index (χ1) is 7.91. The molecule has 6 heteroatoms. The van der Waals surface area contributed by atoms with E-state index in [9.17, 15) is 14.7 Å². The molecular formula is C11H11Cl2NO3. The molecule has 1 aliphatic carbocycles. The second kappa shape index (κ2) is 4.35. The van der Waals surface area contributed by atoms with Crippen molar-refractivity contribution in [3.8, 4) is 5.75 Å². The maximum atomic E-state index is 11.4. The van der Waals surface area contributed by atoms with E-state index >= 15 is 0 Å². The first-order valence-corrected chi connectivity index (χ1v) is 6.06. The molecule has 0 saturated heterocycles. The van der Waals surface area contributed by atoms with E-state index in [0.717, 1.165) is 6.07 Å². The fourth-order valence-corrected chi connectivity index (χ4v) is 2.72. The van der Waals surface area contributed by atoms with Crippen LogP contribution in [0.3, 0.4) is 0 Å². The van der Waals surface area contributed by atoms with E-state index in [1.54, 1.807) is 6.92 Å². The number of hydrogen-bond acceptors (Lipinski definition) is 3. The summed E-state index contributed by atoms with van der Waals surface area (Å²) in [5.74, 6) is -0.435. The molecule has 0 bridgehead atoms. The number of H-pyrrole nitrogens is 1. The Labute approximate surface area is 107 Å². The van der Waals surface area contributed by atoms with E-state index in [1.807, 2.05) is 0 Å². The predicted octanol–water partition coefficient (Wildman–Crippen LogP) is 1.32. The largest absolute Gasteiger partial charge is 0.507 e. The summed E-state index contributed by atoms with van der Waals surface area (Å²) in [5.41, 5.74) is -0.549. The highest BCUT2D eigenvalue weighted by atomic mass is 35.5. The minimum absolute atomic E-state index is 0.204. The van der Waals surface area contributed by atoms with E-state index < -0.39 is 11.0 Å². The molecule has 17 heavy (non-hydrogen) atoms. The topological polar surface area (TPSA) is 70.2 Å². The standard InChI is InChI=1S/C11H11Cl2NO3/c1-4-9-6(2-5(12)10(4)13)14-11(17)8(16)3-7(9)15/h3-5,10,15H,2H2,1H3,(H,14,16,17). The molecule has 1 aliphatic rings. The second-order valence-electron chi connectivity index (χ2n) is 4.19. The molecule has 0 radical (unpaired) electrons. The van der Waals surface area contributed by atoms with E-state index in [1.165, 1.54) is 0 Å². The van der Waals surface area contributed by atoms with E-state index in [0.29, 0.717) is 17.7 Å². The minimum atomic E-state index is -0.777. The average molecular weight is 276 g/mol. The highest BCUT2D eigenvalue weighted by Crippen LogP contribution is 2.39. The van der Waals surface area contributed by atoms with Crippen molar-refractivity contribution < 1.29 is 5.11 Å². The number of aromatic amines is 1. The Hall–Kier alpha value is -1.00. The number of halogens is 2. The number of aromatic nitrogens is 1. The summed E-state index contributed by atoms with van der Waals surface area (Å²) < 4.78 is 0. The van der Waals surface area contributed by atoms with Gasteiger partial charge in [-0.3, -0.25) is 9.59 Å². The van der Waals surface area contributed by atoms with Crippen LogP contribution in [0.1, 0.15) is 24.1 Å². The fraction of sp³-hybridized carbons (Fsp3) is 0.455. The molecule has 3 unspecified atom stereocenters. The zero-order valence-electron chi connectivity index (χ0n) is 9.04. The molecule has 0 saturated carbocycles. The number of nitrogens with one attached hydrogen (secondary N) is 1. The smallest absolute Gasteiger partial charge is 0.296 e. The third-order valence-electron chi connectivity index (χ3n) is 3.03. The zero-order valence-corrected chi connectivity index (χ0v) is 10.5. The van der Waals surface area contributed by atoms with Crippen LogP contribution < -0.4 is 11.0 Å². The molecule has 4 nitrogen and oxygen atoms in total. The maximum absolute atomic E-state index is 11.4. The summed E-state index contributed by atoms with van der Waals surface area (Å²) in [4.78, 5) is 25.2. The van der Waals surface area contributed by atoms with Gasteiger partial charge in [0.25, 0.3) is 5.56 Å². The second-order valence-corrected chi connectivity index (χ2v) is 5.26. The van der Waals surface area contributed by atoms with Crippen molar-refractivity contribution in [2.45, 2.75) is 30.0 Å². The Morgan fingerprint density at radius 1 is 1.41 bits per heavy atom. The van der Waals surface area contributed by atoms with Crippen LogP contribution in [-0.2, 0) is 6.42 Å². The van der Waals surface area contributed by atoms with Crippen LogP contribution in [-0.4, -0.2) is 20.8 Å². The molecule has 92 valence electrons. The third kappa shape index (κ3) is 2.07. The quantitative estimate of drug-likeness (QED) is 0.554. The van der Waals surface area contributed by atoms with Crippen molar-refractivity contribution in [2.75, 3.05) is 0 Å². The van der Waals surface area contributed by atoms with Crippen LogP contribution in [0, 0.1) is 0 Å². The predicted molar refractivity (Wildman–Crippen MR) is 66.4 cm³/mol. The molecule has 1 aromatic heterocycles.